The van der Waals surface area contributed by atoms with Crippen molar-refractivity contribution in [3.05, 3.63) is 53.7 Å². The minimum Gasteiger partial charge on any atom is -0.497 e. The van der Waals surface area contributed by atoms with Gasteiger partial charge in [0.1, 0.15) is 5.75 Å². The summed E-state index contributed by atoms with van der Waals surface area (Å²) in [4.78, 5) is 4.43. The summed E-state index contributed by atoms with van der Waals surface area (Å²) in [5, 5.41) is 7.66. The molecule has 21 heavy (non-hydrogen) atoms. The van der Waals surface area contributed by atoms with Crippen molar-refractivity contribution in [2.24, 2.45) is 0 Å². The van der Waals surface area contributed by atoms with Gasteiger partial charge in [-0.3, -0.25) is 0 Å². The SMILES string of the molecule is COc1cccc(CCNc2nc3ccc(C)cn3n2)c1. The molecule has 5 nitrogen and oxygen atoms in total. The van der Waals surface area contributed by atoms with E-state index in [0.717, 1.165) is 29.9 Å². The highest BCUT2D eigenvalue weighted by atomic mass is 16.5. The zero-order valence-electron chi connectivity index (χ0n) is 12.2. The Labute approximate surface area is 123 Å². The lowest BCUT2D eigenvalue weighted by Crippen LogP contribution is -2.06. The maximum atomic E-state index is 5.22. The molecule has 0 fully saturated rings. The quantitative estimate of drug-likeness (QED) is 0.781. The smallest absolute Gasteiger partial charge is 0.243 e. The van der Waals surface area contributed by atoms with Crippen LogP contribution < -0.4 is 10.1 Å². The van der Waals surface area contributed by atoms with Crippen LogP contribution >= 0.6 is 0 Å². The summed E-state index contributed by atoms with van der Waals surface area (Å²) < 4.78 is 7.02. The molecule has 0 amide bonds. The summed E-state index contributed by atoms with van der Waals surface area (Å²) in [6.45, 7) is 2.82. The molecule has 0 spiro atoms. The van der Waals surface area contributed by atoms with E-state index in [1.807, 2.05) is 43.5 Å². The van der Waals surface area contributed by atoms with Crippen molar-refractivity contribution < 1.29 is 4.74 Å². The third kappa shape index (κ3) is 3.13. The van der Waals surface area contributed by atoms with Gasteiger partial charge in [0.25, 0.3) is 0 Å². The van der Waals surface area contributed by atoms with Gasteiger partial charge in [0, 0.05) is 12.7 Å². The van der Waals surface area contributed by atoms with Gasteiger partial charge < -0.3 is 10.1 Å². The number of ether oxygens (including phenoxy) is 1. The molecular formula is C16H18N4O. The molecule has 0 saturated heterocycles. The first-order valence-corrected chi connectivity index (χ1v) is 6.94. The second kappa shape index (κ2) is 5.83. The third-order valence-corrected chi connectivity index (χ3v) is 3.31. The van der Waals surface area contributed by atoms with Crippen LogP contribution in [0.4, 0.5) is 5.95 Å². The van der Waals surface area contributed by atoms with Crippen LogP contribution in [-0.2, 0) is 6.42 Å². The van der Waals surface area contributed by atoms with E-state index in [-0.39, 0.29) is 0 Å². The predicted molar refractivity (Wildman–Crippen MR) is 82.9 cm³/mol. The van der Waals surface area contributed by atoms with E-state index in [0.29, 0.717) is 5.95 Å². The Morgan fingerprint density at radius 1 is 1.24 bits per heavy atom. The molecule has 0 atom stereocenters. The molecule has 0 radical (unpaired) electrons. The van der Waals surface area contributed by atoms with Gasteiger partial charge in [-0.2, -0.15) is 4.98 Å². The standard InChI is InChI=1S/C16H18N4O/c1-12-6-7-15-18-16(19-20(15)11-12)17-9-8-13-4-3-5-14(10-13)21-2/h3-7,10-11H,8-9H2,1-2H3,(H,17,19). The topological polar surface area (TPSA) is 51.5 Å². The molecule has 1 aromatic carbocycles. The van der Waals surface area contributed by atoms with Crippen LogP contribution in [0.15, 0.2) is 42.6 Å². The molecule has 0 saturated carbocycles. The molecule has 5 heteroatoms. The number of fused-ring (bicyclic) bond motifs is 1. The summed E-state index contributed by atoms with van der Waals surface area (Å²) in [5.74, 6) is 1.54. The van der Waals surface area contributed by atoms with E-state index in [2.05, 4.69) is 21.5 Å². The molecule has 2 aromatic heterocycles. The van der Waals surface area contributed by atoms with Crippen LogP contribution in [0, 0.1) is 6.92 Å². The first-order valence-electron chi connectivity index (χ1n) is 6.94. The van der Waals surface area contributed by atoms with Crippen molar-refractivity contribution in [1.82, 2.24) is 14.6 Å². The molecule has 0 aliphatic rings. The number of anilines is 1. The van der Waals surface area contributed by atoms with E-state index < -0.39 is 0 Å². The number of hydrogen-bond acceptors (Lipinski definition) is 4. The highest BCUT2D eigenvalue weighted by molar-refractivity contribution is 5.44. The largest absolute Gasteiger partial charge is 0.497 e. The second-order valence-corrected chi connectivity index (χ2v) is 4.97. The number of pyridine rings is 1. The molecule has 108 valence electrons. The fraction of sp³-hybridized carbons (Fsp3) is 0.250. The summed E-state index contributed by atoms with van der Waals surface area (Å²) in [5.41, 5.74) is 3.24. The minimum absolute atomic E-state index is 0.656. The molecule has 2 heterocycles. The molecule has 3 rings (SSSR count). The van der Waals surface area contributed by atoms with Crippen molar-refractivity contribution in [3.63, 3.8) is 0 Å². The minimum atomic E-state index is 0.656. The van der Waals surface area contributed by atoms with Gasteiger partial charge in [-0.15, -0.1) is 5.10 Å². The molecule has 1 N–H and O–H groups in total. The monoisotopic (exact) mass is 282 g/mol. The van der Waals surface area contributed by atoms with Gasteiger partial charge >= 0.3 is 0 Å². The Bertz CT molecular complexity index is 751. The van der Waals surface area contributed by atoms with E-state index in [4.69, 9.17) is 4.74 Å². The van der Waals surface area contributed by atoms with Gasteiger partial charge in [-0.1, -0.05) is 18.2 Å². The van der Waals surface area contributed by atoms with Crippen LogP contribution in [0.1, 0.15) is 11.1 Å². The predicted octanol–water partition coefficient (Wildman–Crippen LogP) is 2.70. The van der Waals surface area contributed by atoms with Crippen molar-refractivity contribution >= 4 is 11.6 Å². The van der Waals surface area contributed by atoms with Gasteiger partial charge in [0.15, 0.2) is 5.65 Å². The fourth-order valence-electron chi connectivity index (χ4n) is 2.21. The zero-order chi connectivity index (χ0) is 14.7. The maximum absolute atomic E-state index is 5.22. The summed E-state index contributed by atoms with van der Waals surface area (Å²) in [7, 11) is 1.68. The number of rotatable bonds is 5. The lowest BCUT2D eigenvalue weighted by molar-refractivity contribution is 0.414. The van der Waals surface area contributed by atoms with Gasteiger partial charge in [-0.05, 0) is 42.7 Å². The Hall–Kier alpha value is -2.56. The van der Waals surface area contributed by atoms with Crippen LogP contribution in [-0.4, -0.2) is 28.3 Å². The maximum Gasteiger partial charge on any atom is 0.243 e. The zero-order valence-corrected chi connectivity index (χ0v) is 12.2. The van der Waals surface area contributed by atoms with E-state index in [9.17, 15) is 0 Å². The normalized spacial score (nSPS) is 10.8. The first-order chi connectivity index (χ1) is 10.2. The Morgan fingerprint density at radius 2 is 2.14 bits per heavy atom. The second-order valence-electron chi connectivity index (χ2n) is 4.97. The van der Waals surface area contributed by atoms with Crippen molar-refractivity contribution in [1.29, 1.82) is 0 Å². The van der Waals surface area contributed by atoms with E-state index in [1.165, 1.54) is 5.56 Å². The Balaban J connectivity index is 1.63. The van der Waals surface area contributed by atoms with Crippen LogP contribution in [0.3, 0.4) is 0 Å². The molecule has 0 aliphatic heterocycles. The Morgan fingerprint density at radius 3 is 3.00 bits per heavy atom. The number of methoxy groups -OCH3 is 1. The molecule has 0 aliphatic carbocycles. The number of hydrogen-bond donors (Lipinski definition) is 1. The molecule has 3 aromatic rings. The van der Waals surface area contributed by atoms with Crippen molar-refractivity contribution in [2.75, 3.05) is 19.0 Å². The fourth-order valence-corrected chi connectivity index (χ4v) is 2.21. The number of nitrogens with one attached hydrogen (secondary N) is 1. The third-order valence-electron chi connectivity index (χ3n) is 3.31. The average Bonchev–Trinajstić information content (AvgIpc) is 2.89. The van der Waals surface area contributed by atoms with Gasteiger partial charge in [-0.25, -0.2) is 4.52 Å². The highest BCUT2D eigenvalue weighted by Crippen LogP contribution is 2.13. The summed E-state index contributed by atoms with van der Waals surface area (Å²) >= 11 is 0. The average molecular weight is 282 g/mol. The number of aryl methyl sites for hydroxylation is 1. The van der Waals surface area contributed by atoms with Crippen molar-refractivity contribution in [2.45, 2.75) is 13.3 Å². The molecule has 0 bridgehead atoms. The summed E-state index contributed by atoms with van der Waals surface area (Å²) in [6, 6.07) is 12.1. The highest BCUT2D eigenvalue weighted by Gasteiger charge is 2.03. The van der Waals surface area contributed by atoms with Crippen LogP contribution in [0.5, 0.6) is 5.75 Å². The van der Waals surface area contributed by atoms with E-state index >= 15 is 0 Å². The Kier molecular flexibility index (Phi) is 3.73. The number of benzene rings is 1. The molecule has 0 unspecified atom stereocenters. The van der Waals surface area contributed by atoms with Gasteiger partial charge in [0.2, 0.25) is 5.95 Å². The first kappa shape index (κ1) is 13.4. The number of aromatic nitrogens is 3. The van der Waals surface area contributed by atoms with E-state index in [1.54, 1.807) is 11.6 Å². The van der Waals surface area contributed by atoms with Crippen LogP contribution in [0.2, 0.25) is 0 Å². The number of nitrogens with zero attached hydrogens (tertiary/aromatic N) is 3. The van der Waals surface area contributed by atoms with Crippen molar-refractivity contribution in [3.8, 4) is 5.75 Å². The lowest BCUT2D eigenvalue weighted by Gasteiger charge is -2.04. The summed E-state index contributed by atoms with van der Waals surface area (Å²) in [6.07, 6.45) is 2.86. The van der Waals surface area contributed by atoms with Crippen LogP contribution in [0.25, 0.3) is 5.65 Å². The lowest BCUT2D eigenvalue weighted by atomic mass is 10.1. The van der Waals surface area contributed by atoms with Gasteiger partial charge in [0.05, 0.1) is 7.11 Å². The molecular weight excluding hydrogens is 264 g/mol.